The Morgan fingerprint density at radius 3 is 2.67 bits per heavy atom. The molecule has 4 rings (SSSR count). The molecule has 0 radical (unpaired) electrons. The predicted octanol–water partition coefficient (Wildman–Crippen LogP) is 1.08. The van der Waals surface area contributed by atoms with Gasteiger partial charge in [-0.2, -0.15) is 0 Å². The number of imide groups is 1. The molecule has 0 spiro atoms. The van der Waals surface area contributed by atoms with E-state index in [1.807, 2.05) is 18.2 Å². The van der Waals surface area contributed by atoms with E-state index in [1.165, 1.54) is 5.57 Å². The van der Waals surface area contributed by atoms with Crippen molar-refractivity contribution < 1.29 is 19.2 Å². The molecule has 1 saturated heterocycles. The van der Waals surface area contributed by atoms with Crippen molar-refractivity contribution >= 4 is 29.2 Å². The van der Waals surface area contributed by atoms with Gasteiger partial charge in [0.2, 0.25) is 17.7 Å². The van der Waals surface area contributed by atoms with E-state index in [1.54, 1.807) is 16.7 Å². The third kappa shape index (κ3) is 3.13. The van der Waals surface area contributed by atoms with Gasteiger partial charge in [0.05, 0.1) is 0 Å². The second kappa shape index (κ2) is 6.64. The van der Waals surface area contributed by atoms with E-state index in [0.717, 1.165) is 17.5 Å². The summed E-state index contributed by atoms with van der Waals surface area (Å²) in [4.78, 5) is 51.0. The molecule has 27 heavy (non-hydrogen) atoms. The monoisotopic (exact) mass is 367 g/mol. The number of nitrogens with zero attached hydrogens (tertiary/aromatic N) is 2. The summed E-state index contributed by atoms with van der Waals surface area (Å²) in [5, 5.41) is 2.32. The topological polar surface area (TPSA) is 86.8 Å². The van der Waals surface area contributed by atoms with Gasteiger partial charge < -0.3 is 9.80 Å². The summed E-state index contributed by atoms with van der Waals surface area (Å²) in [7, 11) is 0. The summed E-state index contributed by atoms with van der Waals surface area (Å²) in [5.74, 6) is -0.769. The highest BCUT2D eigenvalue weighted by molar-refractivity contribution is 6.05. The molecular weight excluding hydrogens is 346 g/mol. The highest BCUT2D eigenvalue weighted by Crippen LogP contribution is 2.31. The molecule has 3 heterocycles. The lowest BCUT2D eigenvalue weighted by Gasteiger charge is -2.29. The molecule has 3 aliphatic heterocycles. The van der Waals surface area contributed by atoms with Gasteiger partial charge in [-0.1, -0.05) is 12.1 Å². The van der Waals surface area contributed by atoms with E-state index < -0.39 is 11.9 Å². The molecule has 1 atom stereocenters. The molecule has 3 aliphatic rings. The van der Waals surface area contributed by atoms with Gasteiger partial charge in [-0.25, -0.2) is 0 Å². The van der Waals surface area contributed by atoms with Crippen molar-refractivity contribution in [3.63, 3.8) is 0 Å². The van der Waals surface area contributed by atoms with Crippen LogP contribution in [-0.4, -0.2) is 52.6 Å². The Balaban J connectivity index is 1.54. The first kappa shape index (κ1) is 17.5. The molecule has 1 fully saturated rings. The van der Waals surface area contributed by atoms with Crippen molar-refractivity contribution in [3.8, 4) is 0 Å². The first-order valence-corrected chi connectivity index (χ1v) is 9.16. The summed E-state index contributed by atoms with van der Waals surface area (Å²) in [6, 6.07) is 5.16. The maximum absolute atomic E-state index is 12.7. The Labute approximate surface area is 157 Å². The average Bonchev–Trinajstić information content (AvgIpc) is 2.98. The Hall–Kier alpha value is -2.96. The van der Waals surface area contributed by atoms with Crippen LogP contribution in [0.1, 0.15) is 47.7 Å². The maximum Gasteiger partial charge on any atom is 0.255 e. The maximum atomic E-state index is 12.7. The molecule has 1 aromatic carbocycles. The first-order chi connectivity index (χ1) is 12.9. The van der Waals surface area contributed by atoms with Gasteiger partial charge in [0.15, 0.2) is 0 Å². The van der Waals surface area contributed by atoms with Crippen LogP contribution >= 0.6 is 0 Å². The molecule has 0 bridgehead atoms. The Kier molecular flexibility index (Phi) is 4.30. The molecule has 0 aliphatic carbocycles. The minimum absolute atomic E-state index is 0.0738. The summed E-state index contributed by atoms with van der Waals surface area (Å²) in [6.45, 7) is 3.24. The second-order valence-electron chi connectivity index (χ2n) is 7.22. The lowest BCUT2D eigenvalue weighted by Crippen LogP contribution is -2.52. The van der Waals surface area contributed by atoms with Crippen LogP contribution in [0.2, 0.25) is 0 Å². The minimum Gasteiger partial charge on any atom is -0.339 e. The van der Waals surface area contributed by atoms with Gasteiger partial charge in [-0.3, -0.25) is 24.5 Å². The van der Waals surface area contributed by atoms with Crippen molar-refractivity contribution in [2.45, 2.75) is 38.8 Å². The SMILES string of the molecule is CC(=O)N1CC=C(c2ccc3c(c2)CN(C2CCC(=O)NC2=O)C3=O)CC1. The number of rotatable bonds is 2. The van der Waals surface area contributed by atoms with Gasteiger partial charge in [-0.15, -0.1) is 0 Å². The van der Waals surface area contributed by atoms with Crippen LogP contribution < -0.4 is 5.32 Å². The molecule has 1 N–H and O–H groups in total. The minimum atomic E-state index is -0.593. The van der Waals surface area contributed by atoms with Gasteiger partial charge in [-0.05, 0) is 41.7 Å². The fraction of sp³-hybridized carbons (Fsp3) is 0.400. The number of amides is 4. The highest BCUT2D eigenvalue weighted by atomic mass is 16.2. The van der Waals surface area contributed by atoms with Crippen LogP contribution in [0.15, 0.2) is 24.3 Å². The lowest BCUT2D eigenvalue weighted by atomic mass is 9.96. The van der Waals surface area contributed by atoms with Gasteiger partial charge in [0.25, 0.3) is 5.91 Å². The van der Waals surface area contributed by atoms with Crippen molar-refractivity contribution in [2.24, 2.45) is 0 Å². The molecular formula is C20H21N3O4. The van der Waals surface area contributed by atoms with Crippen molar-refractivity contribution in [1.29, 1.82) is 0 Å². The normalized spacial score (nSPS) is 22.5. The predicted molar refractivity (Wildman–Crippen MR) is 97.3 cm³/mol. The largest absolute Gasteiger partial charge is 0.339 e. The zero-order chi connectivity index (χ0) is 19.1. The number of hydrogen-bond donors (Lipinski definition) is 1. The van der Waals surface area contributed by atoms with Crippen molar-refractivity contribution in [3.05, 3.63) is 41.0 Å². The van der Waals surface area contributed by atoms with E-state index >= 15 is 0 Å². The molecule has 4 amide bonds. The van der Waals surface area contributed by atoms with Crippen LogP contribution in [0.4, 0.5) is 0 Å². The molecule has 0 aromatic heterocycles. The van der Waals surface area contributed by atoms with Crippen LogP contribution in [0.25, 0.3) is 5.57 Å². The Bertz CT molecular complexity index is 889. The second-order valence-corrected chi connectivity index (χ2v) is 7.22. The number of piperidine rings is 1. The molecule has 1 unspecified atom stereocenters. The van der Waals surface area contributed by atoms with Crippen LogP contribution in [-0.2, 0) is 20.9 Å². The lowest BCUT2D eigenvalue weighted by molar-refractivity contribution is -0.137. The quantitative estimate of drug-likeness (QED) is 0.793. The molecule has 7 heteroatoms. The van der Waals surface area contributed by atoms with Crippen LogP contribution in [0.3, 0.4) is 0 Å². The van der Waals surface area contributed by atoms with Gasteiger partial charge in [0.1, 0.15) is 6.04 Å². The molecule has 0 saturated carbocycles. The van der Waals surface area contributed by atoms with Gasteiger partial charge in [0, 0.05) is 38.5 Å². The van der Waals surface area contributed by atoms with E-state index in [0.29, 0.717) is 31.6 Å². The van der Waals surface area contributed by atoms with Crippen LogP contribution in [0.5, 0.6) is 0 Å². The average molecular weight is 367 g/mol. The molecule has 140 valence electrons. The zero-order valence-electron chi connectivity index (χ0n) is 15.2. The number of carbonyl (C=O) groups excluding carboxylic acids is 4. The number of hydrogen-bond acceptors (Lipinski definition) is 4. The fourth-order valence-corrected chi connectivity index (χ4v) is 3.99. The van der Waals surface area contributed by atoms with Crippen molar-refractivity contribution in [2.75, 3.05) is 13.1 Å². The Morgan fingerprint density at radius 1 is 1.19 bits per heavy atom. The summed E-state index contributed by atoms with van der Waals surface area (Å²) in [6.07, 6.45) is 3.45. The van der Waals surface area contributed by atoms with E-state index in [4.69, 9.17) is 0 Å². The number of benzene rings is 1. The standard InChI is InChI=1S/C20H21N3O4/c1-12(24)22-8-6-13(7-9-22)14-2-3-16-15(10-14)11-23(20(16)27)17-4-5-18(25)21-19(17)26/h2-3,6,10,17H,4-5,7-9,11H2,1H3,(H,21,25,26). The van der Waals surface area contributed by atoms with Crippen molar-refractivity contribution in [1.82, 2.24) is 15.1 Å². The fourth-order valence-electron chi connectivity index (χ4n) is 3.99. The Morgan fingerprint density at radius 2 is 2.00 bits per heavy atom. The number of carbonyl (C=O) groups is 4. The van der Waals surface area contributed by atoms with E-state index in [9.17, 15) is 19.2 Å². The summed E-state index contributed by atoms with van der Waals surface area (Å²) >= 11 is 0. The number of nitrogens with one attached hydrogen (secondary N) is 1. The first-order valence-electron chi connectivity index (χ1n) is 9.16. The highest BCUT2D eigenvalue weighted by Gasteiger charge is 2.39. The van der Waals surface area contributed by atoms with Gasteiger partial charge >= 0.3 is 0 Å². The third-order valence-corrected chi connectivity index (χ3v) is 5.55. The smallest absolute Gasteiger partial charge is 0.255 e. The summed E-state index contributed by atoms with van der Waals surface area (Å²) in [5.41, 5.74) is 3.74. The number of fused-ring (bicyclic) bond motifs is 1. The third-order valence-electron chi connectivity index (χ3n) is 5.55. The van der Waals surface area contributed by atoms with E-state index in [2.05, 4.69) is 11.4 Å². The van der Waals surface area contributed by atoms with Crippen LogP contribution in [0, 0.1) is 0 Å². The summed E-state index contributed by atoms with van der Waals surface area (Å²) < 4.78 is 0. The molecule has 7 nitrogen and oxygen atoms in total. The van der Waals surface area contributed by atoms with E-state index in [-0.39, 0.29) is 24.1 Å². The molecule has 1 aromatic rings. The zero-order valence-corrected chi connectivity index (χ0v) is 15.2.